The summed E-state index contributed by atoms with van der Waals surface area (Å²) < 4.78 is 16.8. The molecule has 0 aliphatic heterocycles. The highest BCUT2D eigenvalue weighted by Crippen LogP contribution is 2.26. The van der Waals surface area contributed by atoms with Gasteiger partial charge in [0.1, 0.15) is 5.82 Å². The van der Waals surface area contributed by atoms with Gasteiger partial charge in [-0.1, -0.05) is 53.7 Å². The molecule has 0 fully saturated rings. The summed E-state index contributed by atoms with van der Waals surface area (Å²) in [4.78, 5) is 13.4. The van der Waals surface area contributed by atoms with Crippen LogP contribution in [0.25, 0.3) is 22.4 Å². The van der Waals surface area contributed by atoms with Crippen molar-refractivity contribution >= 4 is 28.4 Å². The molecule has 5 aromatic rings. The van der Waals surface area contributed by atoms with Crippen LogP contribution in [-0.2, 0) is 5.75 Å². The number of rotatable bonds is 4. The van der Waals surface area contributed by atoms with Gasteiger partial charge in [0.25, 0.3) is 5.56 Å². The topological polar surface area (TPSA) is 52.2 Å². The Hall–Kier alpha value is -3.45. The maximum atomic E-state index is 13.4. The van der Waals surface area contributed by atoms with E-state index in [4.69, 9.17) is 0 Å². The van der Waals surface area contributed by atoms with Crippen LogP contribution in [0, 0.1) is 19.7 Å². The number of halogens is 1. The Bertz CT molecular complexity index is 1490. The standard InChI is InChI=1S/C24H19FN4OS/c1-15-7-12-20(16(2)13-15)28-22(30)19-5-3-4-6-21(19)29-23(28)26-27-24(29)31-14-17-8-10-18(25)11-9-17/h3-13H,14H2,1-2H3. The molecule has 154 valence electrons. The van der Waals surface area contributed by atoms with Gasteiger partial charge in [0.2, 0.25) is 5.78 Å². The Morgan fingerprint density at radius 1 is 0.968 bits per heavy atom. The minimum absolute atomic E-state index is 0.127. The molecule has 0 radical (unpaired) electrons. The lowest BCUT2D eigenvalue weighted by Crippen LogP contribution is -2.22. The van der Waals surface area contributed by atoms with E-state index in [2.05, 4.69) is 10.2 Å². The summed E-state index contributed by atoms with van der Waals surface area (Å²) >= 11 is 1.50. The fraction of sp³-hybridized carbons (Fsp3) is 0.125. The lowest BCUT2D eigenvalue weighted by molar-refractivity contribution is 0.627. The second-order valence-electron chi connectivity index (χ2n) is 7.48. The zero-order valence-corrected chi connectivity index (χ0v) is 17.9. The average molecular weight is 431 g/mol. The molecular weight excluding hydrogens is 411 g/mol. The predicted octanol–water partition coefficient (Wildman–Crippen LogP) is 5.08. The van der Waals surface area contributed by atoms with E-state index in [9.17, 15) is 9.18 Å². The van der Waals surface area contributed by atoms with E-state index in [0.29, 0.717) is 22.1 Å². The van der Waals surface area contributed by atoms with Crippen LogP contribution in [0.15, 0.2) is 76.7 Å². The third kappa shape index (κ3) is 3.41. The molecule has 3 aromatic carbocycles. The zero-order valence-electron chi connectivity index (χ0n) is 17.0. The fourth-order valence-corrected chi connectivity index (χ4v) is 4.67. The van der Waals surface area contributed by atoms with Crippen molar-refractivity contribution in [2.45, 2.75) is 24.8 Å². The quantitative estimate of drug-likeness (QED) is 0.373. The van der Waals surface area contributed by atoms with Crippen molar-refractivity contribution in [3.05, 3.63) is 99.6 Å². The molecule has 0 N–H and O–H groups in total. The van der Waals surface area contributed by atoms with E-state index >= 15 is 0 Å². The Morgan fingerprint density at radius 3 is 2.52 bits per heavy atom. The molecule has 2 heterocycles. The average Bonchev–Trinajstić information content (AvgIpc) is 3.19. The molecule has 0 unspecified atom stereocenters. The van der Waals surface area contributed by atoms with Crippen LogP contribution < -0.4 is 5.56 Å². The number of aryl methyl sites for hydroxylation is 2. The monoisotopic (exact) mass is 430 g/mol. The smallest absolute Gasteiger partial charge is 0.267 e. The Kier molecular flexibility index (Phi) is 4.82. The lowest BCUT2D eigenvalue weighted by Gasteiger charge is -2.13. The highest BCUT2D eigenvalue weighted by Gasteiger charge is 2.18. The van der Waals surface area contributed by atoms with Crippen molar-refractivity contribution in [2.24, 2.45) is 0 Å². The maximum absolute atomic E-state index is 13.4. The van der Waals surface area contributed by atoms with Gasteiger partial charge in [0.05, 0.1) is 16.6 Å². The molecule has 0 spiro atoms. The molecule has 0 aliphatic rings. The van der Waals surface area contributed by atoms with E-state index in [0.717, 1.165) is 27.9 Å². The largest absolute Gasteiger partial charge is 0.268 e. The number of aromatic nitrogens is 4. The van der Waals surface area contributed by atoms with E-state index < -0.39 is 0 Å². The van der Waals surface area contributed by atoms with Gasteiger partial charge in [-0.25, -0.2) is 8.96 Å². The summed E-state index contributed by atoms with van der Waals surface area (Å²) in [7, 11) is 0. The van der Waals surface area contributed by atoms with Gasteiger partial charge in [-0.3, -0.25) is 9.20 Å². The maximum Gasteiger partial charge on any atom is 0.267 e. The minimum atomic E-state index is -0.259. The second kappa shape index (κ2) is 7.67. The van der Waals surface area contributed by atoms with Crippen LogP contribution in [-0.4, -0.2) is 19.2 Å². The number of fused-ring (bicyclic) bond motifs is 3. The first-order chi connectivity index (χ1) is 15.0. The van der Waals surface area contributed by atoms with Gasteiger partial charge in [-0.15, -0.1) is 10.2 Å². The fourth-order valence-electron chi connectivity index (χ4n) is 3.77. The van der Waals surface area contributed by atoms with Crippen LogP contribution in [0.5, 0.6) is 0 Å². The van der Waals surface area contributed by atoms with Crippen LogP contribution >= 0.6 is 11.8 Å². The molecule has 2 aromatic heterocycles. The predicted molar refractivity (Wildman–Crippen MR) is 122 cm³/mol. The molecule has 31 heavy (non-hydrogen) atoms. The third-order valence-electron chi connectivity index (χ3n) is 5.27. The normalized spacial score (nSPS) is 11.5. The lowest BCUT2D eigenvalue weighted by atomic mass is 10.1. The molecule has 0 saturated carbocycles. The Balaban J connectivity index is 1.72. The van der Waals surface area contributed by atoms with E-state index in [1.54, 1.807) is 16.7 Å². The molecule has 0 aliphatic carbocycles. The molecule has 0 amide bonds. The molecule has 5 nitrogen and oxygen atoms in total. The number of nitrogens with zero attached hydrogens (tertiary/aromatic N) is 4. The summed E-state index contributed by atoms with van der Waals surface area (Å²) in [5.41, 5.74) is 4.52. The summed E-state index contributed by atoms with van der Waals surface area (Å²) in [5.74, 6) is 0.820. The first-order valence-electron chi connectivity index (χ1n) is 9.87. The SMILES string of the molecule is Cc1ccc(-n2c(=O)c3ccccc3n3c(SCc4ccc(F)cc4)nnc23)c(C)c1. The highest BCUT2D eigenvalue weighted by atomic mass is 32.2. The summed E-state index contributed by atoms with van der Waals surface area (Å²) in [6.07, 6.45) is 0. The molecule has 7 heteroatoms. The van der Waals surface area contributed by atoms with Crippen molar-refractivity contribution in [3.63, 3.8) is 0 Å². The van der Waals surface area contributed by atoms with Crippen molar-refractivity contribution in [3.8, 4) is 5.69 Å². The zero-order chi connectivity index (χ0) is 21.5. The van der Waals surface area contributed by atoms with Gasteiger partial charge in [-0.05, 0) is 55.3 Å². The number of benzene rings is 3. The highest BCUT2D eigenvalue weighted by molar-refractivity contribution is 7.98. The van der Waals surface area contributed by atoms with Crippen LogP contribution in [0.1, 0.15) is 16.7 Å². The van der Waals surface area contributed by atoms with Crippen molar-refractivity contribution in [1.82, 2.24) is 19.2 Å². The van der Waals surface area contributed by atoms with Crippen LogP contribution in [0.4, 0.5) is 4.39 Å². The van der Waals surface area contributed by atoms with E-state index in [-0.39, 0.29) is 11.4 Å². The van der Waals surface area contributed by atoms with Crippen molar-refractivity contribution in [1.29, 1.82) is 0 Å². The first-order valence-corrected chi connectivity index (χ1v) is 10.9. The number of thioether (sulfide) groups is 1. The van der Waals surface area contributed by atoms with Crippen molar-refractivity contribution < 1.29 is 4.39 Å². The summed E-state index contributed by atoms with van der Waals surface area (Å²) in [5, 5.41) is 10.1. The van der Waals surface area contributed by atoms with E-state index in [1.165, 1.54) is 23.9 Å². The van der Waals surface area contributed by atoms with Gasteiger partial charge in [-0.2, -0.15) is 0 Å². The van der Waals surface area contributed by atoms with E-state index in [1.807, 2.05) is 60.7 Å². The number of para-hydroxylation sites is 1. The summed E-state index contributed by atoms with van der Waals surface area (Å²) in [6.45, 7) is 4.01. The van der Waals surface area contributed by atoms with Crippen molar-refractivity contribution in [2.75, 3.05) is 0 Å². The third-order valence-corrected chi connectivity index (χ3v) is 6.27. The minimum Gasteiger partial charge on any atom is -0.268 e. The van der Waals surface area contributed by atoms with Crippen LogP contribution in [0.3, 0.4) is 0 Å². The first kappa shape index (κ1) is 19.5. The molecule has 5 rings (SSSR count). The number of hydrogen-bond donors (Lipinski definition) is 0. The van der Waals surface area contributed by atoms with Crippen LogP contribution in [0.2, 0.25) is 0 Å². The van der Waals surface area contributed by atoms with Gasteiger partial charge < -0.3 is 0 Å². The molecule has 0 atom stereocenters. The summed E-state index contributed by atoms with van der Waals surface area (Å²) in [6, 6.07) is 19.9. The van der Waals surface area contributed by atoms with Gasteiger partial charge >= 0.3 is 0 Å². The van der Waals surface area contributed by atoms with Gasteiger partial charge in [0.15, 0.2) is 5.16 Å². The molecule has 0 bridgehead atoms. The molecule has 0 saturated heterocycles. The Labute approximate surface area is 182 Å². The number of hydrogen-bond acceptors (Lipinski definition) is 4. The second-order valence-corrected chi connectivity index (χ2v) is 8.42. The molecular formula is C24H19FN4OS. The van der Waals surface area contributed by atoms with Gasteiger partial charge in [0, 0.05) is 5.75 Å². The Morgan fingerprint density at radius 2 is 1.74 bits per heavy atom.